The fraction of sp³-hybridized carbons (Fsp3) is 0.200. The number of rotatable bonds is 7. The minimum atomic E-state index is -6.18. The zero-order chi connectivity index (χ0) is 36.6. The Hall–Kier alpha value is -3.96. The Morgan fingerprint density at radius 2 is 0.521 bits per heavy atom. The van der Waals surface area contributed by atoms with Gasteiger partial charge in [0, 0.05) is 33.1 Å². The molecule has 4 aromatic rings. The van der Waals surface area contributed by atoms with Crippen LogP contribution in [0.3, 0.4) is 0 Å². The maximum atomic E-state index is 15.3. The lowest BCUT2D eigenvalue weighted by molar-refractivity contribution is 0.434. The number of halogens is 16. The van der Waals surface area contributed by atoms with Gasteiger partial charge in [-0.2, -0.15) is 0 Å². The summed E-state index contributed by atoms with van der Waals surface area (Å²) in [4.78, 5) is 0. The van der Waals surface area contributed by atoms with Crippen molar-refractivity contribution in [1.29, 1.82) is 0 Å². The molecule has 0 N–H and O–H groups in total. The van der Waals surface area contributed by atoms with Gasteiger partial charge in [0.2, 0.25) is 0 Å². The molecule has 0 aromatic heterocycles. The van der Waals surface area contributed by atoms with Crippen LogP contribution in [0.2, 0.25) is 18.1 Å². The van der Waals surface area contributed by atoms with E-state index in [9.17, 15) is 35.1 Å². The SMILES string of the molecule is CC[Si](CC)CC.Fc1cc(F)c([B-](c2c(F)cc(F)c(F)c2F)(c2c(F)cc(F)c(F)c2F)c2c(F)cc(F)c(F)c2F)c(F)c1F. The molecule has 0 amide bonds. The predicted octanol–water partition coefficient (Wildman–Crippen LogP) is 7.83. The molecule has 0 atom stereocenters. The van der Waals surface area contributed by atoms with Crippen molar-refractivity contribution in [2.24, 2.45) is 0 Å². The van der Waals surface area contributed by atoms with Gasteiger partial charge in [0.25, 0.3) is 0 Å². The van der Waals surface area contributed by atoms with Gasteiger partial charge < -0.3 is 0 Å². The fourth-order valence-electron chi connectivity index (χ4n) is 5.52. The summed E-state index contributed by atoms with van der Waals surface area (Å²) in [6.07, 6.45) is -6.18. The highest BCUT2D eigenvalue weighted by Gasteiger charge is 2.49. The summed E-state index contributed by atoms with van der Waals surface area (Å²) in [6.45, 7) is 6.92. The average Bonchev–Trinajstić information content (AvgIpc) is 3.01. The van der Waals surface area contributed by atoms with Crippen LogP contribution in [-0.2, 0) is 0 Å². The molecule has 259 valence electrons. The van der Waals surface area contributed by atoms with Gasteiger partial charge in [-0.25, -0.2) is 70.2 Å². The summed E-state index contributed by atoms with van der Waals surface area (Å²) in [6, 6.07) is 1.44. The number of hydrogen-bond acceptors (Lipinski definition) is 0. The molecule has 4 rings (SSSR count). The van der Waals surface area contributed by atoms with E-state index in [0.29, 0.717) is 0 Å². The molecule has 0 saturated carbocycles. The third kappa shape index (κ3) is 6.30. The second kappa shape index (κ2) is 14.7. The Bertz CT molecular complexity index is 1610. The van der Waals surface area contributed by atoms with E-state index >= 15 is 35.1 Å². The van der Waals surface area contributed by atoms with Gasteiger partial charge in [-0.15, -0.1) is 21.9 Å². The Balaban J connectivity index is 0.000000804. The Morgan fingerprint density at radius 1 is 0.333 bits per heavy atom. The van der Waals surface area contributed by atoms with Crippen molar-refractivity contribution in [1.82, 2.24) is 0 Å². The Labute approximate surface area is 263 Å². The van der Waals surface area contributed by atoms with Crippen LogP contribution in [0.4, 0.5) is 70.2 Å². The van der Waals surface area contributed by atoms with Crippen molar-refractivity contribution in [2.75, 3.05) is 0 Å². The maximum Gasteiger partial charge on any atom is 0.191 e. The first-order chi connectivity index (χ1) is 22.3. The second-order valence-corrected chi connectivity index (χ2v) is 13.8. The molecule has 0 nitrogen and oxygen atoms in total. The molecule has 48 heavy (non-hydrogen) atoms. The number of benzene rings is 4. The fourth-order valence-corrected chi connectivity index (χ4v) is 7.02. The maximum absolute atomic E-state index is 15.3. The molecule has 0 unspecified atom stereocenters. The third-order valence-electron chi connectivity index (χ3n) is 7.83. The lowest BCUT2D eigenvalue weighted by Crippen LogP contribution is -2.80. The molecule has 18 heteroatoms. The highest BCUT2D eigenvalue weighted by Crippen LogP contribution is 2.27. The first kappa shape index (κ1) is 38.5. The van der Waals surface area contributed by atoms with E-state index in [1.807, 2.05) is 0 Å². The van der Waals surface area contributed by atoms with Gasteiger partial charge in [0.15, 0.2) is 46.5 Å². The zero-order valence-corrected chi connectivity index (χ0v) is 25.6. The van der Waals surface area contributed by atoms with Gasteiger partial charge in [0.1, 0.15) is 29.4 Å². The van der Waals surface area contributed by atoms with Crippen LogP contribution in [0.25, 0.3) is 0 Å². The van der Waals surface area contributed by atoms with Crippen LogP contribution in [0.5, 0.6) is 0 Å². The van der Waals surface area contributed by atoms with Gasteiger partial charge >= 0.3 is 0 Å². The molecule has 0 aliphatic rings. The van der Waals surface area contributed by atoms with E-state index < -0.39 is 145 Å². The summed E-state index contributed by atoms with van der Waals surface area (Å²) in [5.74, 6) is -45.1. The highest BCUT2D eigenvalue weighted by molar-refractivity contribution is 7.20. The summed E-state index contributed by atoms with van der Waals surface area (Å²) < 4.78 is 235. The minimum Gasteiger partial charge on any atom is -0.210 e. The van der Waals surface area contributed by atoms with E-state index in [-0.39, 0.29) is 8.80 Å². The molecule has 0 aliphatic carbocycles. The third-order valence-corrected chi connectivity index (χ3v) is 10.8. The largest absolute Gasteiger partial charge is 0.210 e. The molecule has 0 fully saturated rings. The van der Waals surface area contributed by atoms with E-state index in [4.69, 9.17) is 0 Å². The number of hydrogen-bond donors (Lipinski definition) is 0. The zero-order valence-electron chi connectivity index (χ0n) is 24.6. The van der Waals surface area contributed by atoms with Crippen LogP contribution in [0.15, 0.2) is 24.3 Å². The van der Waals surface area contributed by atoms with Crippen LogP contribution < -0.4 is 21.9 Å². The van der Waals surface area contributed by atoms with Gasteiger partial charge in [-0.05, 0) is 0 Å². The van der Waals surface area contributed by atoms with Crippen LogP contribution in [0.1, 0.15) is 20.8 Å². The van der Waals surface area contributed by atoms with Gasteiger partial charge in [0.05, 0.1) is 23.3 Å². The summed E-state index contributed by atoms with van der Waals surface area (Å²) >= 11 is 0. The molecular weight excluding hydrogens is 703 g/mol. The van der Waals surface area contributed by atoms with E-state index in [2.05, 4.69) is 20.8 Å². The Morgan fingerprint density at radius 3 is 0.667 bits per heavy atom. The lowest BCUT2D eigenvalue weighted by atomic mass is 9.12. The van der Waals surface area contributed by atoms with Crippen molar-refractivity contribution in [2.45, 2.75) is 38.9 Å². The molecule has 0 saturated heterocycles. The monoisotopic (exact) mass is 722 g/mol. The summed E-state index contributed by atoms with van der Waals surface area (Å²) in [5.41, 5.74) is -10.9. The van der Waals surface area contributed by atoms with Crippen molar-refractivity contribution < 1.29 is 70.2 Å². The molecule has 1 radical (unpaired) electrons. The predicted molar refractivity (Wildman–Crippen MR) is 147 cm³/mol. The molecular formula is C30H19BF16Si-. The van der Waals surface area contributed by atoms with Crippen LogP contribution >= 0.6 is 0 Å². The first-order valence-corrected chi connectivity index (χ1v) is 15.8. The first-order valence-electron chi connectivity index (χ1n) is 13.7. The second-order valence-electron chi connectivity index (χ2n) is 10.2. The normalized spacial score (nSPS) is 11.7. The van der Waals surface area contributed by atoms with Crippen molar-refractivity contribution in [3.63, 3.8) is 0 Å². The van der Waals surface area contributed by atoms with Gasteiger partial charge in [-0.3, -0.25) is 0 Å². The molecule has 0 aliphatic heterocycles. The topological polar surface area (TPSA) is 0 Å². The van der Waals surface area contributed by atoms with Crippen molar-refractivity contribution in [3.05, 3.63) is 117 Å². The van der Waals surface area contributed by atoms with Gasteiger partial charge in [-0.1, -0.05) is 38.9 Å². The molecule has 0 spiro atoms. The molecule has 4 aromatic carbocycles. The standard InChI is InChI=1S/C24H4BF16.C6H15Si/c26-5-1-9(30)17(34)21(38)13(5)25(14-6(27)2-10(31)18(35)22(14)39,15-7(28)3-11(32)19(36)23(15)40)16-8(29)4-12(33)20(37)24(16)41;1-4-7(5-2)6-3/h1-4H;4-6H2,1-3H3/q-1;. The average molecular weight is 722 g/mol. The quantitative estimate of drug-likeness (QED) is 0.0791. The minimum absolute atomic E-state index is 0.137. The van der Waals surface area contributed by atoms with Crippen LogP contribution in [0, 0.1) is 93.1 Å². The van der Waals surface area contributed by atoms with E-state index in [1.165, 1.54) is 18.1 Å². The van der Waals surface area contributed by atoms with E-state index in [1.54, 1.807) is 0 Å². The smallest absolute Gasteiger partial charge is 0.191 e. The summed E-state index contributed by atoms with van der Waals surface area (Å²) in [5, 5.41) is 0. The highest BCUT2D eigenvalue weighted by atomic mass is 28.3. The molecule has 0 bridgehead atoms. The Kier molecular flexibility index (Phi) is 11.8. The van der Waals surface area contributed by atoms with E-state index in [0.717, 1.165) is 0 Å². The van der Waals surface area contributed by atoms with Crippen LogP contribution in [-0.4, -0.2) is 14.9 Å². The lowest BCUT2D eigenvalue weighted by Gasteiger charge is -2.44. The summed E-state index contributed by atoms with van der Waals surface area (Å²) in [7, 11) is 0.137. The van der Waals surface area contributed by atoms with Crippen molar-refractivity contribution >= 4 is 36.8 Å². The molecule has 0 heterocycles. The van der Waals surface area contributed by atoms with Crippen molar-refractivity contribution in [3.8, 4) is 0 Å².